The third-order valence-electron chi connectivity index (χ3n) is 2.71. The van der Waals surface area contributed by atoms with Crippen LogP contribution in [-0.4, -0.2) is 30.1 Å². The van der Waals surface area contributed by atoms with Gasteiger partial charge in [-0.25, -0.2) is 14.5 Å². The van der Waals surface area contributed by atoms with Crippen molar-refractivity contribution >= 4 is 11.6 Å². The second-order valence-corrected chi connectivity index (χ2v) is 4.16. The summed E-state index contributed by atoms with van der Waals surface area (Å²) in [6, 6.07) is 1.76. The summed E-state index contributed by atoms with van der Waals surface area (Å²) in [7, 11) is 1.88. The molecule has 0 aliphatic heterocycles. The Kier molecular flexibility index (Phi) is 2.71. The predicted octanol–water partition coefficient (Wildman–Crippen LogP) is 0.393. The second kappa shape index (κ2) is 4.52. The summed E-state index contributed by atoms with van der Waals surface area (Å²) >= 11 is 0. The van der Waals surface area contributed by atoms with Gasteiger partial charge in [-0.1, -0.05) is 0 Å². The van der Waals surface area contributed by atoms with Gasteiger partial charge in [0.2, 0.25) is 0 Å². The molecule has 1 N–H and O–H groups in total. The number of carbonyl (C=O) groups excluding carboxylic acids is 1. The molecule has 1 amide bonds. The van der Waals surface area contributed by atoms with Crippen LogP contribution in [0.5, 0.6) is 0 Å². The number of nitrogens with one attached hydrogen (secondary N) is 1. The van der Waals surface area contributed by atoms with E-state index in [1.165, 1.54) is 6.20 Å². The Hall–Kier alpha value is -2.70. The summed E-state index contributed by atoms with van der Waals surface area (Å²) in [5.74, 6) is -0.209. The van der Waals surface area contributed by atoms with E-state index in [1.807, 2.05) is 17.8 Å². The normalized spacial score (nSPS) is 10.8. The standard InChI is InChI=1S/C12H12N6O/c1-17-7-9(15-8-17)5-14-12(19)10-6-16-18-4-2-3-13-11(10)18/h2-4,6-8H,5H2,1H3,(H,14,19). The van der Waals surface area contributed by atoms with Crippen LogP contribution in [0, 0.1) is 0 Å². The lowest BCUT2D eigenvalue weighted by atomic mass is 10.3. The minimum Gasteiger partial charge on any atom is -0.346 e. The van der Waals surface area contributed by atoms with Crippen molar-refractivity contribution < 1.29 is 4.79 Å². The molecule has 0 radical (unpaired) electrons. The highest BCUT2D eigenvalue weighted by atomic mass is 16.1. The first kappa shape index (κ1) is 11.4. The zero-order chi connectivity index (χ0) is 13.2. The third kappa shape index (κ3) is 2.17. The molecule has 3 heterocycles. The van der Waals surface area contributed by atoms with E-state index in [2.05, 4.69) is 20.4 Å². The predicted molar refractivity (Wildman–Crippen MR) is 67.4 cm³/mol. The van der Waals surface area contributed by atoms with Gasteiger partial charge in [0, 0.05) is 25.6 Å². The first-order chi connectivity index (χ1) is 9.24. The zero-order valence-corrected chi connectivity index (χ0v) is 10.3. The van der Waals surface area contributed by atoms with Crippen LogP contribution in [0.25, 0.3) is 5.65 Å². The summed E-state index contributed by atoms with van der Waals surface area (Å²) in [6.07, 6.45) is 8.44. The van der Waals surface area contributed by atoms with Crippen molar-refractivity contribution in [2.24, 2.45) is 7.05 Å². The Bertz CT molecular complexity index is 728. The first-order valence-corrected chi connectivity index (χ1v) is 5.77. The maximum atomic E-state index is 12.1. The number of hydrogen-bond acceptors (Lipinski definition) is 4. The average Bonchev–Trinajstić information content (AvgIpc) is 3.02. The maximum absolute atomic E-state index is 12.1. The summed E-state index contributed by atoms with van der Waals surface area (Å²) in [5.41, 5.74) is 1.80. The van der Waals surface area contributed by atoms with Crippen molar-refractivity contribution in [2.45, 2.75) is 6.54 Å². The van der Waals surface area contributed by atoms with Crippen molar-refractivity contribution in [1.29, 1.82) is 0 Å². The van der Waals surface area contributed by atoms with Gasteiger partial charge in [-0.2, -0.15) is 5.10 Å². The number of imidazole rings is 1. The van der Waals surface area contributed by atoms with E-state index in [-0.39, 0.29) is 5.91 Å². The first-order valence-electron chi connectivity index (χ1n) is 5.77. The molecule has 96 valence electrons. The largest absolute Gasteiger partial charge is 0.346 e. The van der Waals surface area contributed by atoms with Crippen molar-refractivity contribution in [2.75, 3.05) is 0 Å². The minimum absolute atomic E-state index is 0.209. The molecule has 3 rings (SSSR count). The Balaban J connectivity index is 1.77. The second-order valence-electron chi connectivity index (χ2n) is 4.16. The molecule has 0 aliphatic carbocycles. The van der Waals surface area contributed by atoms with Crippen molar-refractivity contribution in [3.63, 3.8) is 0 Å². The lowest BCUT2D eigenvalue weighted by molar-refractivity contribution is 0.0952. The number of nitrogens with zero attached hydrogens (tertiary/aromatic N) is 5. The topological polar surface area (TPSA) is 77.1 Å². The van der Waals surface area contributed by atoms with E-state index in [9.17, 15) is 4.79 Å². The van der Waals surface area contributed by atoms with Gasteiger partial charge in [0.15, 0.2) is 5.65 Å². The van der Waals surface area contributed by atoms with Crippen molar-refractivity contribution in [3.8, 4) is 0 Å². The molecule has 0 unspecified atom stereocenters. The highest BCUT2D eigenvalue weighted by Crippen LogP contribution is 2.06. The molecular weight excluding hydrogens is 244 g/mol. The van der Waals surface area contributed by atoms with Crippen LogP contribution in [0.2, 0.25) is 0 Å². The third-order valence-corrected chi connectivity index (χ3v) is 2.71. The zero-order valence-electron chi connectivity index (χ0n) is 10.3. The SMILES string of the molecule is Cn1cnc(CNC(=O)c2cnn3cccnc23)c1. The number of aryl methyl sites for hydroxylation is 1. The number of hydrogen-bond donors (Lipinski definition) is 1. The quantitative estimate of drug-likeness (QED) is 0.735. The number of carbonyl (C=O) groups is 1. The van der Waals surface area contributed by atoms with Crippen molar-refractivity contribution in [3.05, 3.63) is 48.4 Å². The summed E-state index contributed by atoms with van der Waals surface area (Å²) in [4.78, 5) is 20.3. The van der Waals surface area contributed by atoms with Gasteiger partial charge >= 0.3 is 0 Å². The summed E-state index contributed by atoms with van der Waals surface area (Å²) < 4.78 is 3.40. The van der Waals surface area contributed by atoms with Crippen molar-refractivity contribution in [1.82, 2.24) is 29.5 Å². The van der Waals surface area contributed by atoms with Gasteiger partial charge in [-0.05, 0) is 6.07 Å². The molecule has 3 aromatic heterocycles. The van der Waals surface area contributed by atoms with Gasteiger partial charge < -0.3 is 9.88 Å². The fourth-order valence-corrected chi connectivity index (χ4v) is 1.81. The molecule has 7 nitrogen and oxygen atoms in total. The van der Waals surface area contributed by atoms with Crippen LogP contribution in [-0.2, 0) is 13.6 Å². The average molecular weight is 256 g/mol. The van der Waals surface area contributed by atoms with Gasteiger partial charge in [0.1, 0.15) is 5.56 Å². The van der Waals surface area contributed by atoms with E-state index in [0.717, 1.165) is 5.69 Å². The molecule has 0 saturated carbocycles. The van der Waals surface area contributed by atoms with Crippen LogP contribution < -0.4 is 5.32 Å². The van der Waals surface area contributed by atoms with Gasteiger partial charge in [-0.3, -0.25) is 4.79 Å². The molecule has 7 heteroatoms. The maximum Gasteiger partial charge on any atom is 0.257 e. The number of aromatic nitrogens is 5. The molecule has 0 aromatic carbocycles. The monoisotopic (exact) mass is 256 g/mol. The number of rotatable bonds is 3. The molecule has 19 heavy (non-hydrogen) atoms. The summed E-state index contributed by atoms with van der Waals surface area (Å²) in [6.45, 7) is 0.379. The lowest BCUT2D eigenvalue weighted by Crippen LogP contribution is -2.23. The van der Waals surface area contributed by atoms with E-state index in [4.69, 9.17) is 0 Å². The van der Waals surface area contributed by atoms with E-state index >= 15 is 0 Å². The van der Waals surface area contributed by atoms with Crippen LogP contribution in [0.4, 0.5) is 0 Å². The van der Waals surface area contributed by atoms with Crippen LogP contribution in [0.3, 0.4) is 0 Å². The molecule has 0 bridgehead atoms. The summed E-state index contributed by atoms with van der Waals surface area (Å²) in [5, 5.41) is 6.87. The molecule has 0 saturated heterocycles. The van der Waals surface area contributed by atoms with Gasteiger partial charge in [-0.15, -0.1) is 0 Å². The van der Waals surface area contributed by atoms with E-state index in [1.54, 1.807) is 29.3 Å². The minimum atomic E-state index is -0.209. The Morgan fingerprint density at radius 1 is 1.42 bits per heavy atom. The smallest absolute Gasteiger partial charge is 0.257 e. The van der Waals surface area contributed by atoms with Gasteiger partial charge in [0.05, 0.1) is 24.8 Å². The highest BCUT2D eigenvalue weighted by Gasteiger charge is 2.13. The molecular formula is C12H12N6O. The number of fused-ring (bicyclic) bond motifs is 1. The molecule has 0 aliphatic rings. The Morgan fingerprint density at radius 3 is 3.11 bits per heavy atom. The fraction of sp³-hybridized carbons (Fsp3) is 0.167. The van der Waals surface area contributed by atoms with Gasteiger partial charge in [0.25, 0.3) is 5.91 Å². The van der Waals surface area contributed by atoms with Crippen LogP contribution >= 0.6 is 0 Å². The highest BCUT2D eigenvalue weighted by molar-refractivity contribution is 5.99. The molecule has 0 fully saturated rings. The molecule has 0 atom stereocenters. The molecule has 3 aromatic rings. The van der Waals surface area contributed by atoms with E-state index in [0.29, 0.717) is 17.8 Å². The molecule has 0 spiro atoms. The lowest BCUT2D eigenvalue weighted by Gasteiger charge is -2.01. The van der Waals surface area contributed by atoms with Crippen LogP contribution in [0.15, 0.2) is 37.2 Å². The Labute approximate surface area is 108 Å². The fourth-order valence-electron chi connectivity index (χ4n) is 1.81. The van der Waals surface area contributed by atoms with Crippen LogP contribution in [0.1, 0.15) is 16.1 Å². The van der Waals surface area contributed by atoms with E-state index < -0.39 is 0 Å². The number of amides is 1. The Morgan fingerprint density at radius 2 is 2.32 bits per heavy atom.